The van der Waals surface area contributed by atoms with Gasteiger partial charge in [-0.2, -0.15) is 4.98 Å². The van der Waals surface area contributed by atoms with Crippen molar-refractivity contribution in [3.8, 4) is 0 Å². The quantitative estimate of drug-likeness (QED) is 0.504. The number of fused-ring (bicyclic) bond motifs is 1. The van der Waals surface area contributed by atoms with Gasteiger partial charge >= 0.3 is 6.03 Å². The number of rotatable bonds is 4. The SMILES string of the molecule is CC(C)(C)NC(=O)Nc1nc2nc(N(c3ccccc3)N3CCNCC3)ncc2cc1Br. The number of hydrogen-bond acceptors (Lipinski definition) is 7. The van der Waals surface area contributed by atoms with E-state index < -0.39 is 0 Å². The topological polar surface area (TPSA) is 98.3 Å². The number of urea groups is 1. The zero-order chi connectivity index (χ0) is 22.7. The zero-order valence-corrected chi connectivity index (χ0v) is 20.0. The smallest absolute Gasteiger partial charge is 0.320 e. The zero-order valence-electron chi connectivity index (χ0n) is 18.4. The monoisotopic (exact) mass is 498 g/mol. The summed E-state index contributed by atoms with van der Waals surface area (Å²) in [6.07, 6.45) is 1.76. The number of halogens is 1. The lowest BCUT2D eigenvalue weighted by molar-refractivity contribution is 0.240. The van der Waals surface area contributed by atoms with Gasteiger partial charge in [0.2, 0.25) is 5.95 Å². The average molecular weight is 499 g/mol. The first-order valence-corrected chi connectivity index (χ1v) is 11.3. The summed E-state index contributed by atoms with van der Waals surface area (Å²) in [6.45, 7) is 9.21. The highest BCUT2D eigenvalue weighted by atomic mass is 79.9. The summed E-state index contributed by atoms with van der Waals surface area (Å²) < 4.78 is 0.660. The van der Waals surface area contributed by atoms with Crippen molar-refractivity contribution < 1.29 is 4.79 Å². The Morgan fingerprint density at radius 3 is 2.56 bits per heavy atom. The fourth-order valence-corrected chi connectivity index (χ4v) is 3.86. The van der Waals surface area contributed by atoms with Crippen molar-refractivity contribution in [1.29, 1.82) is 0 Å². The van der Waals surface area contributed by atoms with Crippen LogP contribution in [0.2, 0.25) is 0 Å². The van der Waals surface area contributed by atoms with E-state index in [-0.39, 0.29) is 11.6 Å². The minimum Gasteiger partial charge on any atom is -0.333 e. The summed E-state index contributed by atoms with van der Waals surface area (Å²) in [6, 6.07) is 11.6. The highest BCUT2D eigenvalue weighted by Crippen LogP contribution is 2.28. The van der Waals surface area contributed by atoms with Crippen molar-refractivity contribution in [3.63, 3.8) is 0 Å². The molecule has 168 valence electrons. The van der Waals surface area contributed by atoms with E-state index in [9.17, 15) is 4.79 Å². The summed E-state index contributed by atoms with van der Waals surface area (Å²) in [7, 11) is 0. The van der Waals surface area contributed by atoms with Gasteiger partial charge < -0.3 is 10.6 Å². The normalized spacial score (nSPS) is 14.9. The summed E-state index contributed by atoms with van der Waals surface area (Å²) in [5, 5.41) is 14.1. The Hall–Kier alpha value is -2.82. The van der Waals surface area contributed by atoms with E-state index in [0.717, 1.165) is 37.3 Å². The predicted octanol–water partition coefficient (Wildman–Crippen LogP) is 3.67. The molecule has 3 aromatic rings. The number of hydrazine groups is 1. The van der Waals surface area contributed by atoms with E-state index in [2.05, 4.69) is 46.9 Å². The molecule has 2 amide bonds. The lowest BCUT2D eigenvalue weighted by Gasteiger charge is -2.37. The molecule has 3 heterocycles. The van der Waals surface area contributed by atoms with E-state index in [1.807, 2.05) is 62.2 Å². The van der Waals surface area contributed by atoms with Crippen molar-refractivity contribution in [2.75, 3.05) is 36.5 Å². The van der Waals surface area contributed by atoms with Crippen LogP contribution in [0.4, 0.5) is 22.2 Å². The highest BCUT2D eigenvalue weighted by Gasteiger charge is 2.23. The summed E-state index contributed by atoms with van der Waals surface area (Å²) in [5.74, 6) is 0.933. The first kappa shape index (κ1) is 22.4. The highest BCUT2D eigenvalue weighted by molar-refractivity contribution is 9.10. The lowest BCUT2D eigenvalue weighted by atomic mass is 10.1. The fourth-order valence-electron chi connectivity index (χ4n) is 3.43. The minimum atomic E-state index is -0.359. The van der Waals surface area contributed by atoms with Crippen LogP contribution in [0.15, 0.2) is 47.1 Å². The molecule has 1 fully saturated rings. The maximum Gasteiger partial charge on any atom is 0.320 e. The van der Waals surface area contributed by atoms with Crippen LogP contribution in [-0.2, 0) is 0 Å². The molecule has 0 aliphatic carbocycles. The van der Waals surface area contributed by atoms with E-state index >= 15 is 0 Å². The predicted molar refractivity (Wildman–Crippen MR) is 130 cm³/mol. The van der Waals surface area contributed by atoms with Gasteiger partial charge in [0.15, 0.2) is 11.5 Å². The van der Waals surface area contributed by atoms with Crippen molar-refractivity contribution in [2.45, 2.75) is 26.3 Å². The third kappa shape index (κ3) is 5.32. The van der Waals surface area contributed by atoms with Gasteiger partial charge in [0.05, 0.1) is 10.2 Å². The van der Waals surface area contributed by atoms with Gasteiger partial charge in [-0.25, -0.2) is 24.8 Å². The summed E-state index contributed by atoms with van der Waals surface area (Å²) in [4.78, 5) is 26.3. The number of anilines is 3. The summed E-state index contributed by atoms with van der Waals surface area (Å²) in [5.41, 5.74) is 1.12. The van der Waals surface area contributed by atoms with Crippen LogP contribution in [0.3, 0.4) is 0 Å². The number of nitrogens with zero attached hydrogens (tertiary/aromatic N) is 5. The third-order valence-electron chi connectivity index (χ3n) is 4.80. The van der Waals surface area contributed by atoms with Crippen molar-refractivity contribution in [1.82, 2.24) is 30.6 Å². The number of benzene rings is 1. The molecular weight excluding hydrogens is 472 g/mol. The van der Waals surface area contributed by atoms with Gasteiger partial charge in [-0.3, -0.25) is 5.32 Å². The second kappa shape index (κ2) is 9.35. The Kier molecular flexibility index (Phi) is 6.54. The van der Waals surface area contributed by atoms with Crippen LogP contribution in [0.1, 0.15) is 20.8 Å². The molecule has 0 radical (unpaired) electrons. The molecule has 0 spiro atoms. The van der Waals surface area contributed by atoms with E-state index in [0.29, 0.717) is 21.9 Å². The second-order valence-electron chi connectivity index (χ2n) is 8.58. The molecule has 1 aromatic carbocycles. The maximum absolute atomic E-state index is 12.3. The molecule has 1 saturated heterocycles. The van der Waals surface area contributed by atoms with Crippen LogP contribution in [0.25, 0.3) is 11.0 Å². The molecule has 0 unspecified atom stereocenters. The molecule has 2 aromatic heterocycles. The molecule has 1 aliphatic rings. The molecule has 0 saturated carbocycles. The van der Waals surface area contributed by atoms with Gasteiger partial charge in [-0.15, -0.1) is 0 Å². The number of piperazine rings is 1. The molecule has 32 heavy (non-hydrogen) atoms. The number of hydrogen-bond donors (Lipinski definition) is 3. The van der Waals surface area contributed by atoms with Crippen LogP contribution < -0.4 is 21.0 Å². The van der Waals surface area contributed by atoms with Crippen LogP contribution in [0.5, 0.6) is 0 Å². The van der Waals surface area contributed by atoms with Gasteiger partial charge in [0.1, 0.15) is 0 Å². The number of aromatic nitrogens is 3. The van der Waals surface area contributed by atoms with Crippen LogP contribution >= 0.6 is 15.9 Å². The molecule has 0 bridgehead atoms. The maximum atomic E-state index is 12.3. The molecule has 3 N–H and O–H groups in total. The average Bonchev–Trinajstić information content (AvgIpc) is 2.75. The first-order chi connectivity index (χ1) is 15.3. The second-order valence-corrected chi connectivity index (χ2v) is 9.44. The fraction of sp³-hybridized carbons (Fsp3) is 0.364. The molecule has 1 aliphatic heterocycles. The Labute approximate surface area is 195 Å². The summed E-state index contributed by atoms with van der Waals surface area (Å²) >= 11 is 3.49. The molecular formula is C22H27BrN8O. The number of pyridine rings is 1. The number of carbonyl (C=O) groups excluding carboxylic acids is 1. The number of nitrogens with one attached hydrogen (secondary N) is 3. The van der Waals surface area contributed by atoms with Gasteiger partial charge in [0, 0.05) is 43.3 Å². The van der Waals surface area contributed by atoms with E-state index in [1.54, 1.807) is 6.20 Å². The van der Waals surface area contributed by atoms with E-state index in [1.165, 1.54) is 0 Å². The Morgan fingerprint density at radius 1 is 1.16 bits per heavy atom. The van der Waals surface area contributed by atoms with Gasteiger partial charge in [-0.1, -0.05) is 18.2 Å². The minimum absolute atomic E-state index is 0.328. The molecule has 0 atom stereocenters. The van der Waals surface area contributed by atoms with Crippen LogP contribution in [-0.4, -0.2) is 57.7 Å². The van der Waals surface area contributed by atoms with Crippen LogP contribution in [0, 0.1) is 0 Å². The largest absolute Gasteiger partial charge is 0.333 e. The van der Waals surface area contributed by atoms with Crippen molar-refractivity contribution in [3.05, 3.63) is 47.1 Å². The number of para-hydroxylation sites is 1. The number of amides is 2. The van der Waals surface area contributed by atoms with E-state index in [4.69, 9.17) is 4.98 Å². The Balaban J connectivity index is 1.70. The molecule has 4 rings (SSSR count). The van der Waals surface area contributed by atoms with Gasteiger partial charge in [0.25, 0.3) is 0 Å². The number of carbonyl (C=O) groups is 1. The molecule has 9 nitrogen and oxygen atoms in total. The van der Waals surface area contributed by atoms with Crippen molar-refractivity contribution >= 4 is 50.4 Å². The standard InChI is InChI=1S/C22H27BrN8O/c1-22(2,3)29-21(32)28-19-17(23)13-15-14-25-20(27-18(15)26-19)31(16-7-5-4-6-8-16)30-11-9-24-10-12-30/h4-8,13-14,24H,9-12H2,1-3H3,(H2,25,26,27,28,29,32). The lowest BCUT2D eigenvalue weighted by Crippen LogP contribution is -2.51. The van der Waals surface area contributed by atoms with Crippen molar-refractivity contribution in [2.24, 2.45) is 0 Å². The molecule has 10 heteroatoms. The van der Waals surface area contributed by atoms with Gasteiger partial charge in [-0.05, 0) is 54.9 Å². The third-order valence-corrected chi connectivity index (χ3v) is 5.40. The first-order valence-electron chi connectivity index (χ1n) is 10.5. The Bertz CT molecular complexity index is 1100. The Morgan fingerprint density at radius 2 is 1.88 bits per heavy atom.